The van der Waals surface area contributed by atoms with Gasteiger partial charge in [0.25, 0.3) is 0 Å². The molecule has 1 aromatic heterocycles. The van der Waals surface area contributed by atoms with E-state index in [1.807, 2.05) is 6.92 Å². The van der Waals surface area contributed by atoms with Crippen LogP contribution in [0.3, 0.4) is 0 Å². The Hall–Kier alpha value is -1.27. The zero-order chi connectivity index (χ0) is 13.0. The average molecular weight is 314 g/mol. The van der Waals surface area contributed by atoms with Gasteiger partial charge in [-0.25, -0.2) is 4.39 Å². The van der Waals surface area contributed by atoms with Gasteiger partial charge in [0.1, 0.15) is 5.82 Å². The van der Waals surface area contributed by atoms with Crippen LogP contribution in [-0.2, 0) is 6.42 Å². The standard InChI is InChI=1S/C12H13BrFN3O/c1-8(9-2-3-11(14)10(13)6-9)15-5-4-12-16-7-17-18-12/h2-3,6-8,15H,4-5H2,1H3. The number of benzene rings is 1. The molecule has 1 aromatic carbocycles. The molecule has 0 saturated heterocycles. The summed E-state index contributed by atoms with van der Waals surface area (Å²) >= 11 is 3.18. The van der Waals surface area contributed by atoms with Crippen LogP contribution in [0.4, 0.5) is 4.39 Å². The molecule has 0 amide bonds. The quantitative estimate of drug-likeness (QED) is 0.922. The van der Waals surface area contributed by atoms with E-state index in [4.69, 9.17) is 4.52 Å². The summed E-state index contributed by atoms with van der Waals surface area (Å²) in [5, 5.41) is 6.85. The Labute approximate surface area is 113 Å². The van der Waals surface area contributed by atoms with Crippen molar-refractivity contribution in [2.24, 2.45) is 0 Å². The number of nitrogens with zero attached hydrogens (tertiary/aromatic N) is 2. The molecule has 18 heavy (non-hydrogen) atoms. The minimum atomic E-state index is -0.253. The van der Waals surface area contributed by atoms with Crippen LogP contribution in [-0.4, -0.2) is 16.7 Å². The van der Waals surface area contributed by atoms with Crippen molar-refractivity contribution in [1.82, 2.24) is 15.5 Å². The van der Waals surface area contributed by atoms with Crippen LogP contribution in [0.25, 0.3) is 0 Å². The van der Waals surface area contributed by atoms with E-state index in [-0.39, 0.29) is 11.9 Å². The van der Waals surface area contributed by atoms with Crippen molar-refractivity contribution < 1.29 is 8.91 Å². The van der Waals surface area contributed by atoms with Crippen molar-refractivity contribution in [2.75, 3.05) is 6.54 Å². The molecule has 0 saturated carbocycles. The first-order valence-electron chi connectivity index (χ1n) is 5.60. The topological polar surface area (TPSA) is 51.0 Å². The van der Waals surface area contributed by atoms with Gasteiger partial charge in [-0.3, -0.25) is 0 Å². The molecule has 96 valence electrons. The van der Waals surface area contributed by atoms with Crippen molar-refractivity contribution in [3.05, 3.63) is 46.3 Å². The first-order chi connectivity index (χ1) is 8.66. The molecule has 0 aliphatic rings. The third-order valence-corrected chi connectivity index (χ3v) is 3.25. The second kappa shape index (κ2) is 6.06. The van der Waals surface area contributed by atoms with E-state index >= 15 is 0 Å². The van der Waals surface area contributed by atoms with E-state index in [0.29, 0.717) is 16.8 Å². The molecule has 6 heteroatoms. The fourth-order valence-corrected chi connectivity index (χ4v) is 2.00. The first-order valence-corrected chi connectivity index (χ1v) is 6.40. The number of hydrogen-bond acceptors (Lipinski definition) is 4. The third-order valence-electron chi connectivity index (χ3n) is 2.64. The minimum absolute atomic E-state index is 0.129. The van der Waals surface area contributed by atoms with Crippen LogP contribution in [0.15, 0.2) is 33.5 Å². The Balaban J connectivity index is 1.87. The van der Waals surface area contributed by atoms with E-state index in [2.05, 4.69) is 31.4 Å². The van der Waals surface area contributed by atoms with Gasteiger partial charge in [0, 0.05) is 19.0 Å². The molecule has 1 unspecified atom stereocenters. The van der Waals surface area contributed by atoms with Crippen LogP contribution < -0.4 is 5.32 Å². The van der Waals surface area contributed by atoms with Gasteiger partial charge in [-0.05, 0) is 40.5 Å². The fraction of sp³-hybridized carbons (Fsp3) is 0.333. The first kappa shape index (κ1) is 13.2. The maximum atomic E-state index is 13.1. The van der Waals surface area contributed by atoms with Crippen molar-refractivity contribution >= 4 is 15.9 Å². The maximum absolute atomic E-state index is 13.1. The second-order valence-electron chi connectivity index (χ2n) is 3.93. The molecule has 4 nitrogen and oxygen atoms in total. The van der Waals surface area contributed by atoms with Gasteiger partial charge in [-0.15, -0.1) is 0 Å². The SMILES string of the molecule is CC(NCCc1ncno1)c1ccc(F)c(Br)c1. The van der Waals surface area contributed by atoms with Gasteiger partial charge in [0.2, 0.25) is 5.89 Å². The molecule has 0 aliphatic heterocycles. The van der Waals surface area contributed by atoms with Crippen LogP contribution in [0.1, 0.15) is 24.4 Å². The monoisotopic (exact) mass is 313 g/mol. The normalized spacial score (nSPS) is 12.6. The highest BCUT2D eigenvalue weighted by Crippen LogP contribution is 2.21. The van der Waals surface area contributed by atoms with E-state index in [1.54, 1.807) is 12.1 Å². The Bertz CT molecular complexity index is 504. The smallest absolute Gasteiger partial charge is 0.227 e. The molecule has 0 radical (unpaired) electrons. The van der Waals surface area contributed by atoms with Crippen LogP contribution in [0.5, 0.6) is 0 Å². The van der Waals surface area contributed by atoms with Gasteiger partial charge < -0.3 is 9.84 Å². The van der Waals surface area contributed by atoms with Crippen molar-refractivity contribution in [1.29, 1.82) is 0 Å². The van der Waals surface area contributed by atoms with Crippen molar-refractivity contribution in [3.63, 3.8) is 0 Å². The van der Waals surface area contributed by atoms with Gasteiger partial charge in [-0.2, -0.15) is 4.98 Å². The summed E-state index contributed by atoms with van der Waals surface area (Å²) in [6.45, 7) is 2.74. The molecular formula is C12H13BrFN3O. The van der Waals surface area contributed by atoms with Gasteiger partial charge in [0.05, 0.1) is 4.47 Å². The predicted octanol–water partition coefficient (Wildman–Crippen LogP) is 2.86. The zero-order valence-corrected chi connectivity index (χ0v) is 11.4. The molecule has 0 fully saturated rings. The number of hydrogen-bond donors (Lipinski definition) is 1. The summed E-state index contributed by atoms with van der Waals surface area (Å²) in [4.78, 5) is 3.94. The molecule has 2 aromatic rings. The number of nitrogens with one attached hydrogen (secondary N) is 1. The maximum Gasteiger partial charge on any atom is 0.227 e. The van der Waals surface area contributed by atoms with Crippen LogP contribution in [0.2, 0.25) is 0 Å². The number of halogens is 2. The van der Waals surface area contributed by atoms with Crippen LogP contribution in [0, 0.1) is 5.82 Å². The van der Waals surface area contributed by atoms with E-state index < -0.39 is 0 Å². The number of rotatable bonds is 5. The van der Waals surface area contributed by atoms with Crippen molar-refractivity contribution in [3.8, 4) is 0 Å². The van der Waals surface area contributed by atoms with Crippen molar-refractivity contribution in [2.45, 2.75) is 19.4 Å². The summed E-state index contributed by atoms with van der Waals surface area (Å²) in [6.07, 6.45) is 2.06. The number of aromatic nitrogens is 2. The summed E-state index contributed by atoms with van der Waals surface area (Å²) in [6, 6.07) is 5.13. The van der Waals surface area contributed by atoms with E-state index in [0.717, 1.165) is 12.1 Å². The fourth-order valence-electron chi connectivity index (χ4n) is 1.60. The molecule has 0 aliphatic carbocycles. The van der Waals surface area contributed by atoms with Gasteiger partial charge in [0.15, 0.2) is 6.33 Å². The highest BCUT2D eigenvalue weighted by Gasteiger charge is 2.08. The highest BCUT2D eigenvalue weighted by molar-refractivity contribution is 9.10. The van der Waals surface area contributed by atoms with Crippen LogP contribution >= 0.6 is 15.9 Å². The Morgan fingerprint density at radius 3 is 3.00 bits per heavy atom. The lowest BCUT2D eigenvalue weighted by molar-refractivity contribution is 0.372. The van der Waals surface area contributed by atoms with E-state index in [9.17, 15) is 4.39 Å². The van der Waals surface area contributed by atoms with Gasteiger partial charge >= 0.3 is 0 Å². The highest BCUT2D eigenvalue weighted by atomic mass is 79.9. The average Bonchev–Trinajstić information content (AvgIpc) is 2.85. The minimum Gasteiger partial charge on any atom is -0.340 e. The lowest BCUT2D eigenvalue weighted by Crippen LogP contribution is -2.21. The lowest BCUT2D eigenvalue weighted by atomic mass is 10.1. The molecule has 0 bridgehead atoms. The molecule has 0 spiro atoms. The zero-order valence-electron chi connectivity index (χ0n) is 9.86. The molecular weight excluding hydrogens is 301 g/mol. The largest absolute Gasteiger partial charge is 0.340 e. The lowest BCUT2D eigenvalue weighted by Gasteiger charge is -2.14. The second-order valence-corrected chi connectivity index (χ2v) is 4.79. The Kier molecular flexibility index (Phi) is 4.43. The summed E-state index contributed by atoms with van der Waals surface area (Å²) in [7, 11) is 0. The van der Waals surface area contributed by atoms with E-state index in [1.165, 1.54) is 12.4 Å². The van der Waals surface area contributed by atoms with Gasteiger partial charge in [-0.1, -0.05) is 11.2 Å². The molecule has 1 heterocycles. The Morgan fingerprint density at radius 2 is 2.33 bits per heavy atom. The summed E-state index contributed by atoms with van der Waals surface area (Å²) < 4.78 is 18.5. The molecule has 1 N–H and O–H groups in total. The Morgan fingerprint density at radius 1 is 1.50 bits per heavy atom. The molecule has 1 atom stereocenters. The third kappa shape index (κ3) is 3.36. The summed E-state index contributed by atoms with van der Waals surface area (Å²) in [5.41, 5.74) is 1.02. The molecule has 2 rings (SSSR count). The summed E-state index contributed by atoms with van der Waals surface area (Å²) in [5.74, 6) is 0.354. The predicted molar refractivity (Wildman–Crippen MR) is 68.5 cm³/mol.